The number of fused-ring (bicyclic) bond motifs is 3. The number of quaternary nitrogens is 1. The fourth-order valence-electron chi connectivity index (χ4n) is 5.34. The Hall–Kier alpha value is -4.03. The van der Waals surface area contributed by atoms with E-state index in [1.807, 2.05) is 53.2 Å². The van der Waals surface area contributed by atoms with Gasteiger partial charge >= 0.3 is 12.1 Å². The molecule has 6 rings (SSSR count). The summed E-state index contributed by atoms with van der Waals surface area (Å²) in [6.45, 7) is 2.94. The number of nitrogens with one attached hydrogen (secondary N) is 1. The number of nitrogens with zero attached hydrogens (tertiary/aromatic N) is 1. The van der Waals surface area contributed by atoms with Crippen LogP contribution in [0.15, 0.2) is 77.5 Å². The summed E-state index contributed by atoms with van der Waals surface area (Å²) in [5.41, 5.74) is 1.93. The predicted molar refractivity (Wildman–Crippen MR) is 145 cm³/mol. The minimum atomic E-state index is -5.19. The first-order chi connectivity index (χ1) is 20.0. The van der Waals surface area contributed by atoms with Crippen molar-refractivity contribution in [2.45, 2.75) is 31.2 Å². The summed E-state index contributed by atoms with van der Waals surface area (Å²) >= 11 is 1.53. The van der Waals surface area contributed by atoms with E-state index in [2.05, 4.69) is 5.32 Å². The molecule has 3 fully saturated rings. The molecule has 0 saturated carbocycles. The van der Waals surface area contributed by atoms with Crippen LogP contribution in [0, 0.1) is 5.92 Å². The Morgan fingerprint density at radius 3 is 2.10 bits per heavy atom. The number of thiophene rings is 1. The minimum absolute atomic E-state index is 0.147. The van der Waals surface area contributed by atoms with Crippen LogP contribution in [0.2, 0.25) is 0 Å². The van der Waals surface area contributed by atoms with Gasteiger partial charge < -0.3 is 24.4 Å². The summed E-state index contributed by atoms with van der Waals surface area (Å²) in [7, 11) is 0. The van der Waals surface area contributed by atoms with Gasteiger partial charge in [-0.1, -0.05) is 48.5 Å². The minimum Gasteiger partial charge on any atom is -0.542 e. The van der Waals surface area contributed by atoms with Crippen molar-refractivity contribution >= 4 is 35.0 Å². The number of carbonyl (C=O) groups is 4. The van der Waals surface area contributed by atoms with Crippen LogP contribution in [0.4, 0.5) is 13.2 Å². The quantitative estimate of drug-likeness (QED) is 0.240. The first-order valence-electron chi connectivity index (χ1n) is 13.3. The number of ketones is 1. The van der Waals surface area contributed by atoms with E-state index in [1.54, 1.807) is 24.3 Å². The lowest BCUT2D eigenvalue weighted by atomic mass is 9.82. The van der Waals surface area contributed by atoms with Crippen LogP contribution in [0.3, 0.4) is 0 Å². The van der Waals surface area contributed by atoms with Crippen LogP contribution in [-0.4, -0.2) is 66.6 Å². The number of rotatable bonds is 8. The number of alkyl halides is 3. The average molecular weight is 603 g/mol. The van der Waals surface area contributed by atoms with Gasteiger partial charge in [-0.05, 0) is 29.1 Å². The Balaban J connectivity index is 0.000000517. The van der Waals surface area contributed by atoms with E-state index < -0.39 is 24.2 Å². The number of halogens is 3. The SMILES string of the molecule is O=C(C[N+]12CCC(CC1)[C@@H](OC(=O)C(NC(=O)c1ccccc1)c1ccccc1)C2)c1ccsc1.O=C([O-])C(F)(F)F. The Labute approximate surface area is 244 Å². The molecular weight excluding hydrogens is 573 g/mol. The second-order valence-electron chi connectivity index (χ2n) is 10.3. The van der Waals surface area contributed by atoms with Gasteiger partial charge in [0.1, 0.15) is 19.1 Å². The predicted octanol–water partition coefficient (Wildman–Crippen LogP) is 3.55. The molecule has 1 unspecified atom stereocenters. The number of carboxylic acids is 1. The topological polar surface area (TPSA) is 113 Å². The smallest absolute Gasteiger partial charge is 0.430 e. The van der Waals surface area contributed by atoms with Gasteiger partial charge in [-0.3, -0.25) is 9.59 Å². The molecule has 3 aromatic rings. The lowest BCUT2D eigenvalue weighted by molar-refractivity contribution is -0.938. The van der Waals surface area contributed by atoms with Crippen LogP contribution < -0.4 is 10.4 Å². The number of benzene rings is 2. The van der Waals surface area contributed by atoms with E-state index in [0.29, 0.717) is 28.7 Å². The van der Waals surface area contributed by atoms with Crippen molar-refractivity contribution in [2.24, 2.45) is 5.92 Å². The Morgan fingerprint density at radius 2 is 1.55 bits per heavy atom. The van der Waals surface area contributed by atoms with Crippen LogP contribution in [0.25, 0.3) is 0 Å². The molecule has 222 valence electrons. The number of hydrogen-bond acceptors (Lipinski definition) is 7. The lowest BCUT2D eigenvalue weighted by Gasteiger charge is -2.51. The van der Waals surface area contributed by atoms with Gasteiger partial charge in [-0.25, -0.2) is 4.79 Å². The number of esters is 1. The first-order valence-corrected chi connectivity index (χ1v) is 14.2. The summed E-state index contributed by atoms with van der Waals surface area (Å²) in [5, 5.41) is 15.5. The fourth-order valence-corrected chi connectivity index (χ4v) is 6.00. The number of carboxylic acid groups (broad SMARTS) is 1. The molecule has 0 radical (unpaired) electrons. The van der Waals surface area contributed by atoms with Gasteiger partial charge in [0.05, 0.1) is 13.1 Å². The second-order valence-corrected chi connectivity index (χ2v) is 11.1. The molecular formula is C30H29F3N2O6S. The normalized spacial score (nSPS) is 21.8. The molecule has 42 heavy (non-hydrogen) atoms. The largest absolute Gasteiger partial charge is 0.542 e. The molecule has 12 heteroatoms. The molecule has 3 saturated heterocycles. The average Bonchev–Trinajstić information content (AvgIpc) is 3.52. The molecule has 3 aliphatic rings. The van der Waals surface area contributed by atoms with Crippen molar-refractivity contribution in [2.75, 3.05) is 26.2 Å². The molecule has 2 atom stereocenters. The van der Waals surface area contributed by atoms with Crippen LogP contribution in [-0.2, 0) is 14.3 Å². The van der Waals surface area contributed by atoms with Crippen molar-refractivity contribution < 1.29 is 46.7 Å². The molecule has 0 spiro atoms. The van der Waals surface area contributed by atoms with Gasteiger partial charge in [0, 0.05) is 35.3 Å². The van der Waals surface area contributed by atoms with Crippen molar-refractivity contribution in [1.82, 2.24) is 5.32 Å². The third kappa shape index (κ3) is 7.83. The third-order valence-corrected chi connectivity index (χ3v) is 8.23. The van der Waals surface area contributed by atoms with Crippen molar-refractivity contribution in [3.05, 3.63) is 94.2 Å². The highest BCUT2D eigenvalue weighted by Crippen LogP contribution is 2.36. The van der Waals surface area contributed by atoms with E-state index in [0.717, 1.165) is 31.5 Å². The number of carbonyl (C=O) groups excluding carboxylic acids is 4. The zero-order chi connectivity index (χ0) is 30.3. The van der Waals surface area contributed by atoms with Crippen molar-refractivity contribution in [3.8, 4) is 0 Å². The highest BCUT2D eigenvalue weighted by molar-refractivity contribution is 7.08. The summed E-state index contributed by atoms with van der Waals surface area (Å²) in [6, 6.07) is 19.0. The molecule has 0 aliphatic carbocycles. The maximum absolute atomic E-state index is 13.5. The summed E-state index contributed by atoms with van der Waals surface area (Å²) in [6.07, 6.45) is -3.59. The number of hydrogen-bond donors (Lipinski definition) is 1. The third-order valence-electron chi connectivity index (χ3n) is 7.54. The van der Waals surface area contributed by atoms with Gasteiger partial charge in [0.15, 0.2) is 12.1 Å². The first kappa shape index (κ1) is 30.9. The second kappa shape index (κ2) is 13.3. The number of piperidine rings is 3. The van der Waals surface area contributed by atoms with E-state index in [9.17, 15) is 27.6 Å². The molecule has 4 heterocycles. The fraction of sp³-hybridized carbons (Fsp3) is 0.333. The monoisotopic (exact) mass is 602 g/mol. The Kier molecular flexibility index (Phi) is 9.79. The summed E-state index contributed by atoms with van der Waals surface area (Å²) < 4.78 is 38.3. The highest BCUT2D eigenvalue weighted by atomic mass is 32.1. The molecule has 1 amide bonds. The highest BCUT2D eigenvalue weighted by Gasteiger charge is 2.49. The molecule has 1 N–H and O–H groups in total. The Bertz CT molecular complexity index is 1380. The zero-order valence-corrected chi connectivity index (χ0v) is 23.2. The summed E-state index contributed by atoms with van der Waals surface area (Å²) in [5.74, 6) is -3.35. The van der Waals surface area contributed by atoms with Crippen LogP contribution >= 0.6 is 11.3 Å². The van der Waals surface area contributed by atoms with Gasteiger partial charge in [-0.15, -0.1) is 0 Å². The van der Waals surface area contributed by atoms with E-state index >= 15 is 0 Å². The van der Waals surface area contributed by atoms with E-state index in [4.69, 9.17) is 14.6 Å². The lowest BCUT2D eigenvalue weighted by Crippen LogP contribution is -2.65. The Morgan fingerprint density at radius 1 is 0.952 bits per heavy atom. The number of amides is 1. The molecule has 1 aromatic heterocycles. The van der Waals surface area contributed by atoms with E-state index in [1.165, 1.54) is 11.3 Å². The number of aliphatic carboxylic acids is 1. The van der Waals surface area contributed by atoms with Gasteiger partial charge in [0.2, 0.25) is 5.78 Å². The molecule has 8 nitrogen and oxygen atoms in total. The number of Topliss-reactive ketones (excluding diaryl/α,β-unsaturated/α-hetero) is 1. The van der Waals surface area contributed by atoms with Gasteiger partial charge in [-0.2, -0.15) is 24.5 Å². The molecule has 2 aromatic carbocycles. The van der Waals surface area contributed by atoms with Crippen molar-refractivity contribution in [3.63, 3.8) is 0 Å². The standard InChI is InChI=1S/C28H28N2O4S.C2HF3O2/c31-24(23-13-16-35-19-23)17-30-14-11-20(12-15-30)25(18-30)34-28(33)26(21-7-3-1-4-8-21)29-27(32)22-9-5-2-6-10-22;3-2(4,5)1(6)7/h1-10,13,16,19-20,25-26H,11-12,14-15,17-18H2;(H,6,7)/t20?,25-,26?,30?;/m0./s1. The van der Waals surface area contributed by atoms with Crippen molar-refractivity contribution in [1.29, 1.82) is 0 Å². The van der Waals surface area contributed by atoms with E-state index in [-0.39, 0.29) is 23.7 Å². The maximum atomic E-state index is 13.5. The number of ether oxygens (including phenoxy) is 1. The zero-order valence-electron chi connectivity index (χ0n) is 22.4. The molecule has 2 bridgehead atoms. The molecule has 3 aliphatic heterocycles. The van der Waals surface area contributed by atoms with Crippen LogP contribution in [0.1, 0.15) is 45.2 Å². The maximum Gasteiger partial charge on any atom is 0.430 e. The summed E-state index contributed by atoms with van der Waals surface area (Å²) in [4.78, 5) is 48.0. The van der Waals surface area contributed by atoms with Gasteiger partial charge in [0.25, 0.3) is 5.91 Å². The van der Waals surface area contributed by atoms with Crippen LogP contribution in [0.5, 0.6) is 0 Å².